The lowest BCUT2D eigenvalue weighted by Crippen LogP contribution is -2.35. The Morgan fingerprint density at radius 3 is 2.22 bits per heavy atom. The van der Waals surface area contributed by atoms with Crippen molar-refractivity contribution in [3.8, 4) is 5.69 Å². The van der Waals surface area contributed by atoms with Crippen molar-refractivity contribution in [1.29, 1.82) is 0 Å². The topological polar surface area (TPSA) is 81.0 Å². The van der Waals surface area contributed by atoms with Crippen LogP contribution in [0.25, 0.3) is 5.69 Å². The lowest BCUT2D eigenvalue weighted by Gasteiger charge is -2.09. The molecule has 0 spiro atoms. The van der Waals surface area contributed by atoms with Crippen molar-refractivity contribution in [2.75, 3.05) is 13.1 Å². The van der Waals surface area contributed by atoms with E-state index >= 15 is 0 Å². The number of hydrogen-bond donors (Lipinski definition) is 2. The third kappa shape index (κ3) is 4.25. The van der Waals surface area contributed by atoms with Gasteiger partial charge in [-0.2, -0.15) is 5.10 Å². The van der Waals surface area contributed by atoms with Gasteiger partial charge in [0.1, 0.15) is 5.69 Å². The molecule has 3 rings (SSSR count). The predicted molar refractivity (Wildman–Crippen MR) is 103 cm³/mol. The van der Waals surface area contributed by atoms with Crippen LogP contribution < -0.4 is 10.6 Å². The zero-order chi connectivity index (χ0) is 19.4. The quantitative estimate of drug-likeness (QED) is 0.656. The number of benzene rings is 1. The molecular formula is C20H23N5O2. The number of amides is 2. The van der Waals surface area contributed by atoms with Crippen molar-refractivity contribution in [2.24, 2.45) is 7.05 Å². The normalized spacial score (nSPS) is 10.6. The first-order valence-corrected chi connectivity index (χ1v) is 8.77. The number of nitrogens with one attached hydrogen (secondary N) is 2. The van der Waals surface area contributed by atoms with E-state index in [0.29, 0.717) is 24.3 Å². The number of carbonyl (C=O) groups excluding carboxylic acids is 2. The monoisotopic (exact) mass is 365 g/mol. The average Bonchev–Trinajstić information content (AvgIpc) is 3.23. The highest BCUT2D eigenvalue weighted by Gasteiger charge is 2.09. The summed E-state index contributed by atoms with van der Waals surface area (Å²) in [4.78, 5) is 24.2. The highest BCUT2D eigenvalue weighted by molar-refractivity contribution is 5.94. The van der Waals surface area contributed by atoms with Crippen LogP contribution in [-0.4, -0.2) is 39.3 Å². The first-order chi connectivity index (χ1) is 13.0. The standard InChI is InChI=1S/C20H23N5O2/c1-14-13-15(2)25(23-14)17-8-6-16(7-9-17)19(26)21-10-11-22-20(27)18-5-4-12-24(18)3/h4-9,12-13H,10-11H2,1-3H3,(H,21,26)(H,22,27). The van der Waals surface area contributed by atoms with E-state index in [4.69, 9.17) is 0 Å². The van der Waals surface area contributed by atoms with E-state index < -0.39 is 0 Å². The first kappa shape index (κ1) is 18.4. The molecule has 0 saturated carbocycles. The molecule has 1 aromatic carbocycles. The van der Waals surface area contributed by atoms with Gasteiger partial charge in [0, 0.05) is 37.6 Å². The van der Waals surface area contributed by atoms with Crippen LogP contribution in [-0.2, 0) is 7.05 Å². The molecule has 0 radical (unpaired) electrons. The molecule has 140 valence electrons. The molecule has 0 aliphatic heterocycles. The lowest BCUT2D eigenvalue weighted by atomic mass is 10.2. The summed E-state index contributed by atoms with van der Waals surface area (Å²) in [6, 6.07) is 12.8. The first-order valence-electron chi connectivity index (χ1n) is 8.77. The smallest absolute Gasteiger partial charge is 0.267 e. The van der Waals surface area contributed by atoms with E-state index in [-0.39, 0.29) is 11.8 Å². The van der Waals surface area contributed by atoms with Gasteiger partial charge in [-0.25, -0.2) is 4.68 Å². The van der Waals surface area contributed by atoms with Crippen LogP contribution in [0.1, 0.15) is 32.2 Å². The highest BCUT2D eigenvalue weighted by atomic mass is 16.2. The molecule has 27 heavy (non-hydrogen) atoms. The molecule has 0 aliphatic carbocycles. The van der Waals surface area contributed by atoms with Gasteiger partial charge >= 0.3 is 0 Å². The summed E-state index contributed by atoms with van der Waals surface area (Å²) in [5, 5.41) is 10.0. The van der Waals surface area contributed by atoms with E-state index in [1.807, 2.05) is 56.0 Å². The van der Waals surface area contributed by atoms with E-state index in [1.54, 1.807) is 22.8 Å². The molecule has 2 N–H and O–H groups in total. The average molecular weight is 365 g/mol. The summed E-state index contributed by atoms with van der Waals surface area (Å²) in [5.41, 5.74) is 4.05. The van der Waals surface area contributed by atoms with E-state index in [1.165, 1.54) is 0 Å². The molecule has 7 nitrogen and oxygen atoms in total. The molecule has 2 heterocycles. The van der Waals surface area contributed by atoms with Crippen LogP contribution in [0.4, 0.5) is 0 Å². The van der Waals surface area contributed by atoms with Crippen molar-refractivity contribution >= 4 is 11.8 Å². The van der Waals surface area contributed by atoms with Crippen molar-refractivity contribution in [3.63, 3.8) is 0 Å². The van der Waals surface area contributed by atoms with Gasteiger partial charge in [0.15, 0.2) is 0 Å². The SMILES string of the molecule is Cc1cc(C)n(-c2ccc(C(=O)NCCNC(=O)c3cccn3C)cc2)n1. The predicted octanol–water partition coefficient (Wildman–Crippen LogP) is 1.99. The largest absolute Gasteiger partial charge is 0.350 e. The maximum atomic E-state index is 12.2. The molecule has 0 bridgehead atoms. The highest BCUT2D eigenvalue weighted by Crippen LogP contribution is 2.13. The van der Waals surface area contributed by atoms with Crippen LogP contribution in [0.15, 0.2) is 48.7 Å². The van der Waals surface area contributed by atoms with Gasteiger partial charge in [-0.15, -0.1) is 0 Å². The molecule has 0 aliphatic rings. The third-order valence-electron chi connectivity index (χ3n) is 4.26. The molecule has 0 unspecified atom stereocenters. The van der Waals surface area contributed by atoms with E-state index in [0.717, 1.165) is 17.1 Å². The van der Waals surface area contributed by atoms with Gasteiger partial charge in [-0.05, 0) is 56.3 Å². The van der Waals surface area contributed by atoms with Crippen molar-refractivity contribution in [3.05, 3.63) is 71.3 Å². The summed E-state index contributed by atoms with van der Waals surface area (Å²) >= 11 is 0. The molecular weight excluding hydrogens is 342 g/mol. The van der Waals surface area contributed by atoms with E-state index in [9.17, 15) is 9.59 Å². The molecule has 3 aromatic rings. The number of hydrogen-bond acceptors (Lipinski definition) is 3. The van der Waals surface area contributed by atoms with Gasteiger partial charge in [0.05, 0.1) is 11.4 Å². The van der Waals surface area contributed by atoms with Crippen molar-refractivity contribution in [2.45, 2.75) is 13.8 Å². The minimum absolute atomic E-state index is 0.161. The zero-order valence-corrected chi connectivity index (χ0v) is 15.7. The Hall–Kier alpha value is -3.35. The molecule has 2 amide bonds. The Kier molecular flexibility index (Phi) is 5.40. The Morgan fingerprint density at radius 1 is 1.00 bits per heavy atom. The number of aryl methyl sites for hydroxylation is 3. The number of aromatic nitrogens is 3. The summed E-state index contributed by atoms with van der Waals surface area (Å²) in [7, 11) is 1.81. The van der Waals surface area contributed by atoms with Crippen molar-refractivity contribution in [1.82, 2.24) is 25.0 Å². The van der Waals surface area contributed by atoms with Gasteiger partial charge in [-0.1, -0.05) is 0 Å². The second kappa shape index (κ2) is 7.90. The van der Waals surface area contributed by atoms with Gasteiger partial charge < -0.3 is 15.2 Å². The van der Waals surface area contributed by atoms with Crippen LogP contribution in [0.3, 0.4) is 0 Å². The molecule has 2 aromatic heterocycles. The number of nitrogens with zero attached hydrogens (tertiary/aromatic N) is 3. The second-order valence-electron chi connectivity index (χ2n) is 6.40. The van der Waals surface area contributed by atoms with Crippen LogP contribution >= 0.6 is 0 Å². The summed E-state index contributed by atoms with van der Waals surface area (Å²) in [5.74, 6) is -0.339. The van der Waals surface area contributed by atoms with Crippen LogP contribution in [0.5, 0.6) is 0 Å². The lowest BCUT2D eigenvalue weighted by molar-refractivity contribution is 0.0923. The molecule has 7 heteroatoms. The molecule has 0 atom stereocenters. The number of rotatable bonds is 6. The van der Waals surface area contributed by atoms with Gasteiger partial charge in [0.25, 0.3) is 11.8 Å². The van der Waals surface area contributed by atoms with Gasteiger partial charge in [-0.3, -0.25) is 9.59 Å². The summed E-state index contributed by atoms with van der Waals surface area (Å²) in [6.45, 7) is 4.65. The molecule has 0 saturated heterocycles. The summed E-state index contributed by atoms with van der Waals surface area (Å²) in [6.07, 6.45) is 1.81. The maximum absolute atomic E-state index is 12.2. The van der Waals surface area contributed by atoms with E-state index in [2.05, 4.69) is 15.7 Å². The summed E-state index contributed by atoms with van der Waals surface area (Å²) < 4.78 is 3.59. The Balaban J connectivity index is 1.50. The molecule has 0 fully saturated rings. The minimum Gasteiger partial charge on any atom is -0.350 e. The second-order valence-corrected chi connectivity index (χ2v) is 6.40. The fourth-order valence-electron chi connectivity index (χ4n) is 2.89. The Labute approximate surface area is 158 Å². The Bertz CT molecular complexity index is 953. The van der Waals surface area contributed by atoms with Gasteiger partial charge in [0.2, 0.25) is 0 Å². The third-order valence-corrected chi connectivity index (χ3v) is 4.26. The van der Waals surface area contributed by atoms with Crippen LogP contribution in [0, 0.1) is 13.8 Å². The Morgan fingerprint density at radius 2 is 1.67 bits per heavy atom. The van der Waals surface area contributed by atoms with Crippen LogP contribution in [0.2, 0.25) is 0 Å². The fraction of sp³-hybridized carbons (Fsp3) is 0.250. The van der Waals surface area contributed by atoms with Crippen molar-refractivity contribution < 1.29 is 9.59 Å². The zero-order valence-electron chi connectivity index (χ0n) is 15.7. The maximum Gasteiger partial charge on any atom is 0.267 e. The fourth-order valence-corrected chi connectivity index (χ4v) is 2.89. The number of carbonyl (C=O) groups is 2. The minimum atomic E-state index is -0.178.